The van der Waals surface area contributed by atoms with Crippen molar-refractivity contribution in [2.24, 2.45) is 0 Å². The monoisotopic (exact) mass is 385 g/mol. The van der Waals surface area contributed by atoms with Gasteiger partial charge < -0.3 is 14.5 Å². The van der Waals surface area contributed by atoms with Gasteiger partial charge in [0.1, 0.15) is 0 Å². The first kappa shape index (κ1) is 18.5. The van der Waals surface area contributed by atoms with Crippen LogP contribution in [0.15, 0.2) is 35.4 Å². The number of hydrogen-bond acceptors (Lipinski definition) is 3. The molecule has 0 atom stereocenters. The number of nitrogens with zero attached hydrogens (tertiary/aromatic N) is 3. The zero-order valence-corrected chi connectivity index (χ0v) is 16.7. The first-order valence-corrected chi connectivity index (χ1v) is 7.97. The van der Waals surface area contributed by atoms with Crippen molar-refractivity contribution in [3.05, 3.63) is 58.1 Å². The maximum absolute atomic E-state index is 12.4. The molecule has 3 rings (SSSR count). The van der Waals surface area contributed by atoms with Crippen LogP contribution in [0.3, 0.4) is 0 Å². The molecule has 1 aliphatic heterocycles. The van der Waals surface area contributed by atoms with E-state index in [4.69, 9.17) is 0 Å². The molecular weight excluding hydrogens is 363 g/mol. The standard InChI is InChI=1S/C18H22N3O.Y/c1-3-20-9-6-15(7-10-20)16-8-11-21(18(22)12-16)17-5-4-14(2)13-19-17;/h5,8,11-13,15H,3,6-7,9-10H2,1-2H3;/q-1;. The van der Waals surface area contributed by atoms with Crippen LogP contribution in [-0.2, 0) is 32.7 Å². The molecule has 1 radical (unpaired) electrons. The summed E-state index contributed by atoms with van der Waals surface area (Å²) in [4.78, 5) is 19.1. The Kier molecular flexibility index (Phi) is 6.69. The molecule has 0 N–H and O–H groups in total. The van der Waals surface area contributed by atoms with Crippen LogP contribution in [-0.4, -0.2) is 34.1 Å². The average Bonchev–Trinajstić information content (AvgIpc) is 2.56. The van der Waals surface area contributed by atoms with E-state index in [0.29, 0.717) is 11.7 Å². The van der Waals surface area contributed by atoms with Gasteiger partial charge in [0.05, 0.1) is 0 Å². The minimum Gasteiger partial charge on any atom is -0.367 e. The molecule has 119 valence electrons. The maximum atomic E-state index is 12.4. The van der Waals surface area contributed by atoms with Crippen molar-refractivity contribution in [1.82, 2.24) is 14.5 Å². The van der Waals surface area contributed by atoms with Crippen LogP contribution in [0.5, 0.6) is 0 Å². The molecule has 0 aliphatic carbocycles. The van der Waals surface area contributed by atoms with Crippen molar-refractivity contribution < 1.29 is 32.7 Å². The van der Waals surface area contributed by atoms with E-state index < -0.39 is 0 Å². The summed E-state index contributed by atoms with van der Waals surface area (Å²) in [5, 5.41) is 0. The molecule has 0 bridgehead atoms. The summed E-state index contributed by atoms with van der Waals surface area (Å²) in [5.74, 6) is 1.13. The van der Waals surface area contributed by atoms with Crippen LogP contribution < -0.4 is 5.56 Å². The van der Waals surface area contributed by atoms with Gasteiger partial charge in [-0.1, -0.05) is 20.0 Å². The van der Waals surface area contributed by atoms with Crippen molar-refractivity contribution in [3.63, 3.8) is 0 Å². The van der Waals surface area contributed by atoms with Gasteiger partial charge in [-0.2, -0.15) is 6.07 Å². The Labute approximate surface area is 162 Å². The molecule has 23 heavy (non-hydrogen) atoms. The Morgan fingerprint density at radius 1 is 1.35 bits per heavy atom. The summed E-state index contributed by atoms with van der Waals surface area (Å²) in [6.45, 7) is 7.50. The molecule has 2 aromatic heterocycles. The Morgan fingerprint density at radius 3 is 2.65 bits per heavy atom. The molecule has 0 spiro atoms. The van der Waals surface area contributed by atoms with Crippen LogP contribution in [0.4, 0.5) is 0 Å². The molecule has 0 saturated carbocycles. The van der Waals surface area contributed by atoms with Gasteiger partial charge in [0, 0.05) is 50.8 Å². The van der Waals surface area contributed by atoms with E-state index in [0.717, 1.165) is 43.6 Å². The van der Waals surface area contributed by atoms with E-state index in [1.54, 1.807) is 22.9 Å². The molecule has 0 amide bonds. The quantitative estimate of drug-likeness (QED) is 0.763. The van der Waals surface area contributed by atoms with E-state index in [-0.39, 0.29) is 38.3 Å². The molecular formula is C18H22N3OY-. The second-order valence-electron chi connectivity index (χ2n) is 5.96. The normalized spacial score (nSPS) is 16.1. The first-order valence-electron chi connectivity index (χ1n) is 7.97. The molecule has 0 aromatic carbocycles. The van der Waals surface area contributed by atoms with Crippen LogP contribution in [0, 0.1) is 13.0 Å². The fourth-order valence-corrected chi connectivity index (χ4v) is 3.07. The van der Waals surface area contributed by atoms with E-state index in [1.807, 2.05) is 13.1 Å². The largest absolute Gasteiger partial charge is 0.367 e. The van der Waals surface area contributed by atoms with E-state index in [1.165, 1.54) is 0 Å². The molecule has 3 heterocycles. The van der Waals surface area contributed by atoms with Gasteiger partial charge in [-0.3, -0.25) is 4.79 Å². The molecule has 1 aliphatic rings. The minimum absolute atomic E-state index is 0. The second-order valence-corrected chi connectivity index (χ2v) is 5.96. The predicted octanol–water partition coefficient (Wildman–Crippen LogP) is 2.54. The molecule has 1 saturated heterocycles. The van der Waals surface area contributed by atoms with Crippen LogP contribution >= 0.6 is 0 Å². The number of aryl methyl sites for hydroxylation is 1. The predicted molar refractivity (Wildman–Crippen MR) is 87.5 cm³/mol. The molecule has 1 fully saturated rings. The van der Waals surface area contributed by atoms with Gasteiger partial charge in [-0.05, 0) is 50.0 Å². The number of hydrogen-bond donors (Lipinski definition) is 0. The fraction of sp³-hybridized carbons (Fsp3) is 0.444. The molecule has 4 nitrogen and oxygen atoms in total. The average molecular weight is 385 g/mol. The third-order valence-electron chi connectivity index (χ3n) is 4.52. The van der Waals surface area contributed by atoms with E-state index in [2.05, 4.69) is 28.9 Å². The van der Waals surface area contributed by atoms with Gasteiger partial charge >= 0.3 is 0 Å². The van der Waals surface area contributed by atoms with Gasteiger partial charge in [0.2, 0.25) is 5.56 Å². The van der Waals surface area contributed by atoms with Crippen LogP contribution in [0.25, 0.3) is 5.82 Å². The number of rotatable bonds is 3. The zero-order chi connectivity index (χ0) is 15.5. The van der Waals surface area contributed by atoms with Crippen LogP contribution in [0.2, 0.25) is 0 Å². The number of piperidine rings is 1. The second kappa shape index (κ2) is 8.32. The maximum Gasteiger partial charge on any atom is 0.245 e. The summed E-state index contributed by atoms with van der Waals surface area (Å²) >= 11 is 0. The van der Waals surface area contributed by atoms with Crippen LogP contribution in [0.1, 0.15) is 36.8 Å². The third-order valence-corrected chi connectivity index (χ3v) is 4.52. The van der Waals surface area contributed by atoms with Gasteiger partial charge in [0.25, 0.3) is 0 Å². The van der Waals surface area contributed by atoms with Crippen molar-refractivity contribution >= 4 is 0 Å². The van der Waals surface area contributed by atoms with Gasteiger partial charge in [-0.25, -0.2) is 0 Å². The first-order chi connectivity index (χ1) is 10.7. The van der Waals surface area contributed by atoms with Gasteiger partial charge in [0.15, 0.2) is 0 Å². The summed E-state index contributed by atoms with van der Waals surface area (Å²) < 4.78 is 1.58. The van der Waals surface area contributed by atoms with E-state index >= 15 is 0 Å². The summed E-state index contributed by atoms with van der Waals surface area (Å²) in [5.41, 5.74) is 2.12. The minimum atomic E-state index is -0.0137. The number of aromatic nitrogens is 2. The van der Waals surface area contributed by atoms with Crippen molar-refractivity contribution in [2.45, 2.75) is 32.6 Å². The SMILES string of the molecule is CCN1CCC(c2ccn(-c3c[c-]c(C)cn3)c(=O)c2)CC1.[Y]. The molecule has 5 heteroatoms. The topological polar surface area (TPSA) is 38.1 Å². The third kappa shape index (κ3) is 4.37. The Hall–Kier alpha value is -0.836. The summed E-state index contributed by atoms with van der Waals surface area (Å²) in [6.07, 6.45) is 5.84. The number of likely N-dealkylation sites (tertiary alicyclic amines) is 1. The molecule has 2 aromatic rings. The zero-order valence-electron chi connectivity index (χ0n) is 13.8. The molecule has 0 unspecified atom stereocenters. The Balaban J connectivity index is 0.00000192. The number of pyridine rings is 2. The Bertz CT molecular complexity index is 688. The van der Waals surface area contributed by atoms with E-state index in [9.17, 15) is 4.79 Å². The summed E-state index contributed by atoms with van der Waals surface area (Å²) in [7, 11) is 0. The smallest absolute Gasteiger partial charge is 0.245 e. The van der Waals surface area contributed by atoms with Crippen molar-refractivity contribution in [2.75, 3.05) is 19.6 Å². The van der Waals surface area contributed by atoms with Crippen molar-refractivity contribution in [1.29, 1.82) is 0 Å². The fourth-order valence-electron chi connectivity index (χ4n) is 3.07. The van der Waals surface area contributed by atoms with Crippen molar-refractivity contribution in [3.8, 4) is 5.82 Å². The Morgan fingerprint density at radius 2 is 2.09 bits per heavy atom. The van der Waals surface area contributed by atoms with Gasteiger partial charge in [-0.15, -0.1) is 11.6 Å². The summed E-state index contributed by atoms with van der Waals surface area (Å²) in [6, 6.07) is 8.68.